The molecule has 2 aromatic heterocycles. The van der Waals surface area contributed by atoms with E-state index in [1.807, 2.05) is 6.92 Å². The number of halogens is 3. The predicted octanol–water partition coefficient (Wildman–Crippen LogP) is 3.74. The minimum atomic E-state index is -4.88. The zero-order chi connectivity index (χ0) is 29.3. The van der Waals surface area contributed by atoms with Gasteiger partial charge in [-0.15, -0.1) is 19.8 Å². The lowest BCUT2D eigenvalue weighted by Gasteiger charge is -2.35. The van der Waals surface area contributed by atoms with Crippen LogP contribution in [-0.4, -0.2) is 73.1 Å². The predicted molar refractivity (Wildman–Crippen MR) is 138 cm³/mol. The molecule has 1 aromatic carbocycles. The van der Waals surface area contributed by atoms with Gasteiger partial charge in [0, 0.05) is 24.5 Å². The smallest absolute Gasteiger partial charge is 0.406 e. The molecule has 41 heavy (non-hydrogen) atoms. The third kappa shape index (κ3) is 6.70. The summed E-state index contributed by atoms with van der Waals surface area (Å²) in [5.41, 5.74) is 0.921. The number of nitrogens with zero attached hydrogens (tertiary/aromatic N) is 6. The number of morpholine rings is 1. The number of ether oxygens (including phenoxy) is 2. The number of nitrogens with one attached hydrogen (secondary N) is 1. The minimum absolute atomic E-state index is 0.0294. The Morgan fingerprint density at radius 3 is 2.54 bits per heavy atom. The van der Waals surface area contributed by atoms with Crippen molar-refractivity contribution in [2.24, 2.45) is 0 Å². The highest BCUT2D eigenvalue weighted by Crippen LogP contribution is 2.42. The molecule has 14 heteroatoms. The number of amides is 2. The van der Waals surface area contributed by atoms with Gasteiger partial charge in [-0.2, -0.15) is 9.78 Å². The fourth-order valence-corrected chi connectivity index (χ4v) is 4.65. The van der Waals surface area contributed by atoms with E-state index in [0.717, 1.165) is 18.9 Å². The molecule has 1 aliphatic heterocycles. The normalized spacial score (nSPS) is 19.9. The third-order valence-electron chi connectivity index (χ3n) is 6.69. The molecular weight excluding hydrogens is 543 g/mol. The van der Waals surface area contributed by atoms with Gasteiger partial charge in [-0.05, 0) is 56.4 Å². The second-order valence-corrected chi connectivity index (χ2v) is 10.0. The van der Waals surface area contributed by atoms with E-state index in [1.165, 1.54) is 29.5 Å². The van der Waals surface area contributed by atoms with Gasteiger partial charge >= 0.3 is 6.36 Å². The van der Waals surface area contributed by atoms with E-state index in [4.69, 9.17) is 4.74 Å². The molecule has 0 unspecified atom stereocenters. The maximum Gasteiger partial charge on any atom is 0.573 e. The molecule has 0 spiro atoms. The van der Waals surface area contributed by atoms with Crippen molar-refractivity contribution in [2.45, 2.75) is 57.2 Å². The van der Waals surface area contributed by atoms with Crippen LogP contribution in [0.25, 0.3) is 5.95 Å². The Labute approximate surface area is 233 Å². The number of hydrogen-bond acceptors (Lipinski definition) is 8. The molecule has 3 heterocycles. The SMILES string of the molecule is C=C[C@@H]1CN(C(=O)c2cnc(-n3ncnc3[C@H](C)NC(=O)c3cc(OC(F)(F)F)cc(C4CC4)c3)nc2)C[C@H](C)O1. The minimum Gasteiger partial charge on any atom is -0.406 e. The zero-order valence-electron chi connectivity index (χ0n) is 22.3. The van der Waals surface area contributed by atoms with E-state index in [0.29, 0.717) is 18.7 Å². The van der Waals surface area contributed by atoms with Crippen molar-refractivity contribution in [3.05, 3.63) is 72.1 Å². The number of benzene rings is 1. The van der Waals surface area contributed by atoms with Crippen molar-refractivity contribution in [1.29, 1.82) is 0 Å². The molecule has 1 N–H and O–H groups in total. The summed E-state index contributed by atoms with van der Waals surface area (Å²) < 4.78 is 49.7. The Bertz CT molecular complexity index is 1440. The molecule has 216 valence electrons. The lowest BCUT2D eigenvalue weighted by atomic mass is 10.1. The molecule has 2 aliphatic rings. The highest BCUT2D eigenvalue weighted by Gasteiger charge is 2.33. The monoisotopic (exact) mass is 571 g/mol. The Kier molecular flexibility index (Phi) is 7.76. The number of carbonyl (C=O) groups excluding carboxylic acids is 2. The van der Waals surface area contributed by atoms with E-state index in [-0.39, 0.29) is 46.9 Å². The molecule has 1 saturated heterocycles. The van der Waals surface area contributed by atoms with Crippen LogP contribution in [-0.2, 0) is 4.74 Å². The van der Waals surface area contributed by atoms with Crippen molar-refractivity contribution in [3.63, 3.8) is 0 Å². The number of aromatic nitrogens is 5. The van der Waals surface area contributed by atoms with Crippen molar-refractivity contribution >= 4 is 11.8 Å². The van der Waals surface area contributed by atoms with Gasteiger partial charge in [0.05, 0.1) is 30.4 Å². The average molecular weight is 572 g/mol. The number of hydrogen-bond donors (Lipinski definition) is 1. The summed E-state index contributed by atoms with van der Waals surface area (Å²) in [5.74, 6) is -0.816. The molecule has 3 atom stereocenters. The highest BCUT2D eigenvalue weighted by atomic mass is 19.4. The van der Waals surface area contributed by atoms with Crippen LogP contribution in [0.15, 0.2) is 49.6 Å². The molecule has 2 amide bonds. The molecule has 1 aliphatic carbocycles. The summed E-state index contributed by atoms with van der Waals surface area (Å²) >= 11 is 0. The van der Waals surface area contributed by atoms with Crippen molar-refractivity contribution < 1.29 is 32.2 Å². The Balaban J connectivity index is 1.30. The van der Waals surface area contributed by atoms with E-state index in [9.17, 15) is 22.8 Å². The second kappa shape index (κ2) is 11.3. The van der Waals surface area contributed by atoms with Gasteiger partial charge in [-0.3, -0.25) is 9.59 Å². The first-order valence-corrected chi connectivity index (χ1v) is 13.0. The van der Waals surface area contributed by atoms with E-state index >= 15 is 0 Å². The average Bonchev–Trinajstić information content (AvgIpc) is 3.67. The molecule has 2 fully saturated rings. The number of rotatable bonds is 8. The maximum absolute atomic E-state index is 13.1. The Morgan fingerprint density at radius 1 is 1.15 bits per heavy atom. The van der Waals surface area contributed by atoms with E-state index in [2.05, 4.69) is 36.7 Å². The number of carbonyl (C=O) groups is 2. The molecule has 0 bridgehead atoms. The van der Waals surface area contributed by atoms with Crippen LogP contribution < -0.4 is 10.1 Å². The third-order valence-corrected chi connectivity index (χ3v) is 6.69. The lowest BCUT2D eigenvalue weighted by molar-refractivity contribution is -0.274. The fraction of sp³-hybridized carbons (Fsp3) is 0.407. The van der Waals surface area contributed by atoms with Gasteiger partial charge in [0.1, 0.15) is 12.1 Å². The molecule has 11 nitrogen and oxygen atoms in total. The zero-order valence-corrected chi connectivity index (χ0v) is 22.3. The summed E-state index contributed by atoms with van der Waals surface area (Å²) in [5, 5.41) is 6.88. The summed E-state index contributed by atoms with van der Waals surface area (Å²) in [6, 6.07) is 3.21. The van der Waals surface area contributed by atoms with Gasteiger partial charge in [0.2, 0.25) is 0 Å². The first-order chi connectivity index (χ1) is 19.5. The summed E-state index contributed by atoms with van der Waals surface area (Å²) in [6.45, 7) is 8.04. The van der Waals surface area contributed by atoms with Gasteiger partial charge in [0.15, 0.2) is 5.82 Å². The lowest BCUT2D eigenvalue weighted by Crippen LogP contribution is -2.48. The molecule has 5 rings (SSSR count). The molecular formula is C27H28F3N7O4. The van der Waals surface area contributed by atoms with Crippen molar-refractivity contribution in [3.8, 4) is 11.7 Å². The van der Waals surface area contributed by atoms with E-state index < -0.39 is 24.1 Å². The van der Waals surface area contributed by atoms with Crippen LogP contribution in [0.3, 0.4) is 0 Å². The van der Waals surface area contributed by atoms with Crippen LogP contribution in [0.1, 0.15) is 70.8 Å². The summed E-state index contributed by atoms with van der Waals surface area (Å²) in [7, 11) is 0. The largest absolute Gasteiger partial charge is 0.573 e. The van der Waals surface area contributed by atoms with Crippen LogP contribution in [0.2, 0.25) is 0 Å². The van der Waals surface area contributed by atoms with Crippen molar-refractivity contribution in [1.82, 2.24) is 34.9 Å². The maximum atomic E-state index is 13.1. The van der Waals surface area contributed by atoms with Crippen LogP contribution >= 0.6 is 0 Å². The standard InChI is InChI=1S/C27H28F3N7O4/c1-4-21-13-36(12-15(2)40-21)25(39)20-10-31-26(32-11-20)37-23(33-14-34-37)16(3)35-24(38)19-7-18(17-5-6-17)8-22(9-19)41-27(28,29)30/h4,7-11,14-17,21H,1,5-6,12-13H2,2-3H3,(H,35,38)/t15-,16-,21+/m0/s1. The number of alkyl halides is 3. The Morgan fingerprint density at radius 2 is 1.88 bits per heavy atom. The quantitative estimate of drug-likeness (QED) is 0.406. The first kappa shape index (κ1) is 28.2. The highest BCUT2D eigenvalue weighted by molar-refractivity contribution is 5.95. The van der Waals surface area contributed by atoms with Crippen LogP contribution in [0.4, 0.5) is 13.2 Å². The van der Waals surface area contributed by atoms with E-state index in [1.54, 1.807) is 24.0 Å². The summed E-state index contributed by atoms with van der Waals surface area (Å²) in [4.78, 5) is 40.5. The first-order valence-electron chi connectivity index (χ1n) is 13.0. The molecule has 3 aromatic rings. The molecule has 1 saturated carbocycles. The van der Waals surface area contributed by atoms with Crippen LogP contribution in [0, 0.1) is 0 Å². The topological polar surface area (TPSA) is 124 Å². The van der Waals surface area contributed by atoms with Gasteiger partial charge in [-0.25, -0.2) is 15.0 Å². The second-order valence-electron chi connectivity index (χ2n) is 10.0. The Hall–Kier alpha value is -4.33. The summed E-state index contributed by atoms with van der Waals surface area (Å²) in [6.07, 6.45) is 2.05. The van der Waals surface area contributed by atoms with Gasteiger partial charge in [0.25, 0.3) is 17.8 Å². The molecule has 0 radical (unpaired) electrons. The fourth-order valence-electron chi connectivity index (χ4n) is 4.65. The van der Waals surface area contributed by atoms with Gasteiger partial charge in [-0.1, -0.05) is 6.08 Å². The van der Waals surface area contributed by atoms with Crippen molar-refractivity contribution in [2.75, 3.05) is 13.1 Å². The van der Waals surface area contributed by atoms with Crippen LogP contribution in [0.5, 0.6) is 5.75 Å². The van der Waals surface area contributed by atoms with Gasteiger partial charge < -0.3 is 19.7 Å².